The van der Waals surface area contributed by atoms with Gasteiger partial charge in [-0.1, -0.05) is 12.2 Å². The van der Waals surface area contributed by atoms with Crippen molar-refractivity contribution in [1.29, 1.82) is 5.41 Å². The topological polar surface area (TPSA) is 56.4 Å². The Kier molecular flexibility index (Phi) is 2.15. The summed E-state index contributed by atoms with van der Waals surface area (Å²) in [6.07, 6.45) is 7.74. The summed E-state index contributed by atoms with van der Waals surface area (Å²) in [6, 6.07) is 0. The number of allylic oxidation sites excluding steroid dienone is 2. The van der Waals surface area contributed by atoms with Gasteiger partial charge in [0.2, 0.25) is 5.96 Å². The van der Waals surface area contributed by atoms with E-state index in [-0.39, 0.29) is 5.96 Å². The minimum atomic E-state index is 0.0463. The second-order valence-electron chi connectivity index (χ2n) is 2.30. The van der Waals surface area contributed by atoms with E-state index in [1.54, 1.807) is 12.1 Å². The van der Waals surface area contributed by atoms with Gasteiger partial charge in [0, 0.05) is 13.2 Å². The van der Waals surface area contributed by atoms with Gasteiger partial charge in [-0.15, -0.1) is 0 Å². The van der Waals surface area contributed by atoms with Crippen molar-refractivity contribution in [3.05, 3.63) is 24.4 Å². The summed E-state index contributed by atoms with van der Waals surface area (Å²) in [5.74, 6) is 0.0463. The molecule has 0 fully saturated rings. The molecule has 4 heteroatoms. The number of nitrogens with two attached hydrogens (primary N) is 1. The molecule has 0 amide bonds. The molecule has 0 aromatic rings. The zero-order valence-corrected chi connectivity index (χ0v) is 6.49. The zero-order valence-electron chi connectivity index (χ0n) is 6.49. The fraction of sp³-hybridized carbons (Fsp3) is 0.286. The van der Waals surface area contributed by atoms with Crippen molar-refractivity contribution in [2.24, 2.45) is 5.73 Å². The minimum absolute atomic E-state index is 0.0463. The maximum Gasteiger partial charge on any atom is 0.207 e. The van der Waals surface area contributed by atoms with Gasteiger partial charge in [0.25, 0.3) is 0 Å². The molecular formula is C7H12N4. The van der Waals surface area contributed by atoms with Gasteiger partial charge in [0.15, 0.2) is 0 Å². The molecular weight excluding hydrogens is 140 g/mol. The second kappa shape index (κ2) is 3.09. The third kappa shape index (κ3) is 1.73. The van der Waals surface area contributed by atoms with Crippen LogP contribution in [-0.2, 0) is 0 Å². The van der Waals surface area contributed by atoms with E-state index >= 15 is 0 Å². The van der Waals surface area contributed by atoms with Gasteiger partial charge in [-0.3, -0.25) is 15.4 Å². The average molecular weight is 152 g/mol. The Labute approximate surface area is 66.1 Å². The van der Waals surface area contributed by atoms with Crippen molar-refractivity contribution < 1.29 is 0 Å². The highest BCUT2D eigenvalue weighted by atomic mass is 15.6. The van der Waals surface area contributed by atoms with Crippen molar-refractivity contribution in [2.75, 3.05) is 13.6 Å². The highest BCUT2D eigenvalue weighted by Gasteiger charge is 2.06. The van der Waals surface area contributed by atoms with Crippen LogP contribution in [0.5, 0.6) is 0 Å². The van der Waals surface area contributed by atoms with E-state index in [0.717, 1.165) is 6.54 Å². The lowest BCUT2D eigenvalue weighted by molar-refractivity contribution is 0.148. The predicted molar refractivity (Wildman–Crippen MR) is 44.7 cm³/mol. The first-order chi connectivity index (χ1) is 5.22. The Hall–Kier alpha value is -1.45. The van der Waals surface area contributed by atoms with Crippen molar-refractivity contribution in [3.8, 4) is 0 Å². The SMILES string of the molecule is CN(C(=N)N)N1C=CC=CC1. The molecule has 0 aliphatic carbocycles. The molecule has 11 heavy (non-hydrogen) atoms. The Balaban J connectivity index is 2.55. The largest absolute Gasteiger partial charge is 0.369 e. The summed E-state index contributed by atoms with van der Waals surface area (Å²) in [5.41, 5.74) is 5.28. The van der Waals surface area contributed by atoms with Crippen molar-refractivity contribution >= 4 is 5.96 Å². The Bertz CT molecular complexity index is 206. The maximum atomic E-state index is 7.14. The molecule has 1 aliphatic rings. The highest BCUT2D eigenvalue weighted by molar-refractivity contribution is 5.73. The summed E-state index contributed by atoms with van der Waals surface area (Å²) in [4.78, 5) is 0. The zero-order chi connectivity index (χ0) is 8.27. The molecule has 1 rings (SSSR count). The van der Waals surface area contributed by atoms with Crippen molar-refractivity contribution in [1.82, 2.24) is 10.0 Å². The van der Waals surface area contributed by atoms with E-state index in [1.807, 2.05) is 29.4 Å². The van der Waals surface area contributed by atoms with Gasteiger partial charge in [-0.25, -0.2) is 0 Å². The lowest BCUT2D eigenvalue weighted by Crippen LogP contribution is -2.44. The number of guanidine groups is 1. The number of hydrogen-bond donors (Lipinski definition) is 2. The number of hydrazine groups is 1. The van der Waals surface area contributed by atoms with Crippen LogP contribution in [0.15, 0.2) is 24.4 Å². The van der Waals surface area contributed by atoms with Crippen molar-refractivity contribution in [3.63, 3.8) is 0 Å². The molecule has 0 aromatic carbocycles. The quantitative estimate of drug-likeness (QED) is 0.414. The number of rotatable bonds is 1. The lowest BCUT2D eigenvalue weighted by Gasteiger charge is -2.30. The van der Waals surface area contributed by atoms with Gasteiger partial charge < -0.3 is 5.73 Å². The van der Waals surface area contributed by atoms with Crippen LogP contribution >= 0.6 is 0 Å². The summed E-state index contributed by atoms with van der Waals surface area (Å²) in [7, 11) is 1.76. The molecule has 0 saturated heterocycles. The highest BCUT2D eigenvalue weighted by Crippen LogP contribution is 2.00. The van der Waals surface area contributed by atoms with Gasteiger partial charge in [0.1, 0.15) is 0 Å². The fourth-order valence-electron chi connectivity index (χ4n) is 0.818. The normalized spacial score (nSPS) is 15.2. The summed E-state index contributed by atoms with van der Waals surface area (Å²) in [6.45, 7) is 0.770. The van der Waals surface area contributed by atoms with Crippen LogP contribution in [0.3, 0.4) is 0 Å². The maximum absolute atomic E-state index is 7.14. The van der Waals surface area contributed by atoms with Gasteiger partial charge in [-0.05, 0) is 6.08 Å². The first-order valence-electron chi connectivity index (χ1n) is 3.39. The van der Waals surface area contributed by atoms with Crippen LogP contribution in [0.25, 0.3) is 0 Å². The van der Waals surface area contributed by atoms with E-state index in [9.17, 15) is 0 Å². The molecule has 1 heterocycles. The van der Waals surface area contributed by atoms with Crippen LogP contribution in [-0.4, -0.2) is 29.6 Å². The smallest absolute Gasteiger partial charge is 0.207 e. The summed E-state index contributed by atoms with van der Waals surface area (Å²) >= 11 is 0. The summed E-state index contributed by atoms with van der Waals surface area (Å²) < 4.78 is 0. The van der Waals surface area contributed by atoms with Gasteiger partial charge in [0.05, 0.1) is 6.54 Å². The molecule has 0 radical (unpaired) electrons. The van der Waals surface area contributed by atoms with E-state index < -0.39 is 0 Å². The third-order valence-corrected chi connectivity index (χ3v) is 1.53. The predicted octanol–water partition coefficient (Wildman–Crippen LogP) is 0.112. The molecule has 0 atom stereocenters. The first-order valence-corrected chi connectivity index (χ1v) is 3.39. The Morgan fingerprint density at radius 1 is 1.64 bits per heavy atom. The number of hydrogen-bond acceptors (Lipinski definition) is 2. The second-order valence-corrected chi connectivity index (χ2v) is 2.30. The van der Waals surface area contributed by atoms with Crippen LogP contribution < -0.4 is 5.73 Å². The van der Waals surface area contributed by atoms with Crippen LogP contribution in [0.2, 0.25) is 0 Å². The Morgan fingerprint density at radius 3 is 2.82 bits per heavy atom. The Morgan fingerprint density at radius 2 is 2.36 bits per heavy atom. The molecule has 0 spiro atoms. The lowest BCUT2D eigenvalue weighted by atomic mass is 10.4. The van der Waals surface area contributed by atoms with Crippen LogP contribution in [0.4, 0.5) is 0 Å². The van der Waals surface area contributed by atoms with Crippen LogP contribution in [0.1, 0.15) is 0 Å². The molecule has 0 unspecified atom stereocenters. The third-order valence-electron chi connectivity index (χ3n) is 1.53. The van der Waals surface area contributed by atoms with E-state index in [0.29, 0.717) is 0 Å². The van der Waals surface area contributed by atoms with E-state index in [4.69, 9.17) is 11.1 Å². The molecule has 3 N–H and O–H groups in total. The molecule has 0 saturated carbocycles. The average Bonchev–Trinajstić information content (AvgIpc) is 2.05. The molecule has 60 valence electrons. The van der Waals surface area contributed by atoms with Gasteiger partial charge in [-0.2, -0.15) is 0 Å². The molecule has 4 nitrogen and oxygen atoms in total. The summed E-state index contributed by atoms with van der Waals surface area (Å²) in [5, 5.41) is 10.6. The first kappa shape index (κ1) is 7.65. The molecule has 0 aromatic heterocycles. The standard InChI is InChI=1S/C7H12N4/c1-10(7(8)9)11-5-3-2-4-6-11/h2-5H,6H2,1H3,(H3,8,9). The molecule has 1 aliphatic heterocycles. The van der Waals surface area contributed by atoms with E-state index in [1.165, 1.54) is 0 Å². The van der Waals surface area contributed by atoms with E-state index in [2.05, 4.69) is 0 Å². The van der Waals surface area contributed by atoms with Gasteiger partial charge >= 0.3 is 0 Å². The fourth-order valence-corrected chi connectivity index (χ4v) is 0.818. The van der Waals surface area contributed by atoms with Crippen LogP contribution in [0, 0.1) is 5.41 Å². The number of nitrogens with zero attached hydrogens (tertiary/aromatic N) is 2. The molecule has 0 bridgehead atoms. The minimum Gasteiger partial charge on any atom is -0.369 e. The van der Waals surface area contributed by atoms with Crippen molar-refractivity contribution in [2.45, 2.75) is 0 Å². The number of nitrogens with one attached hydrogen (secondary N) is 1. The monoisotopic (exact) mass is 152 g/mol.